The lowest BCUT2D eigenvalue weighted by Gasteiger charge is -2.18. The Kier molecular flexibility index (Phi) is 4.33. The SMILES string of the molecule is Cc1c(C)c(I)c(C)c(OCC(F)(F)F)c1C. The molecular weight excluding hydrogens is 344 g/mol. The summed E-state index contributed by atoms with van der Waals surface area (Å²) in [7, 11) is 0. The maximum atomic E-state index is 12.2. The van der Waals surface area contributed by atoms with Crippen molar-refractivity contribution in [3.8, 4) is 5.75 Å². The zero-order chi connectivity index (χ0) is 13.4. The minimum Gasteiger partial charge on any atom is -0.484 e. The van der Waals surface area contributed by atoms with Gasteiger partial charge < -0.3 is 4.74 Å². The van der Waals surface area contributed by atoms with E-state index in [2.05, 4.69) is 22.6 Å². The van der Waals surface area contributed by atoms with Crippen molar-refractivity contribution in [3.63, 3.8) is 0 Å². The van der Waals surface area contributed by atoms with Crippen LogP contribution in [0.15, 0.2) is 0 Å². The number of rotatable bonds is 2. The van der Waals surface area contributed by atoms with E-state index >= 15 is 0 Å². The standard InChI is InChI=1S/C12H14F3IO/c1-6-7(2)10(16)9(4)11(8(6)3)17-5-12(13,14)15/h5H2,1-4H3. The van der Waals surface area contributed by atoms with Crippen LogP contribution in [0.5, 0.6) is 5.75 Å². The fourth-order valence-corrected chi connectivity index (χ4v) is 2.30. The monoisotopic (exact) mass is 358 g/mol. The van der Waals surface area contributed by atoms with E-state index in [0.717, 1.165) is 25.8 Å². The van der Waals surface area contributed by atoms with Gasteiger partial charge in [-0.1, -0.05) is 0 Å². The van der Waals surface area contributed by atoms with Crippen LogP contribution in [0.25, 0.3) is 0 Å². The number of hydrogen-bond donors (Lipinski definition) is 0. The molecule has 0 radical (unpaired) electrons. The Morgan fingerprint density at radius 2 is 1.47 bits per heavy atom. The third-order valence-corrected chi connectivity index (χ3v) is 4.46. The first-order valence-electron chi connectivity index (χ1n) is 5.10. The summed E-state index contributed by atoms with van der Waals surface area (Å²) in [5, 5.41) is 0. The molecule has 0 amide bonds. The number of hydrogen-bond acceptors (Lipinski definition) is 1. The molecule has 0 fully saturated rings. The van der Waals surface area contributed by atoms with Crippen LogP contribution < -0.4 is 4.74 Å². The van der Waals surface area contributed by atoms with E-state index in [9.17, 15) is 13.2 Å². The molecule has 0 bridgehead atoms. The van der Waals surface area contributed by atoms with Crippen molar-refractivity contribution in [2.45, 2.75) is 33.9 Å². The zero-order valence-corrected chi connectivity index (χ0v) is 12.3. The largest absolute Gasteiger partial charge is 0.484 e. The summed E-state index contributed by atoms with van der Waals surface area (Å²) in [6.07, 6.45) is -4.30. The molecule has 0 spiro atoms. The maximum absolute atomic E-state index is 12.2. The van der Waals surface area contributed by atoms with Gasteiger partial charge in [0.1, 0.15) is 5.75 Å². The van der Waals surface area contributed by atoms with Crippen molar-refractivity contribution in [2.75, 3.05) is 6.61 Å². The molecule has 0 heterocycles. The second kappa shape index (κ2) is 5.04. The summed E-state index contributed by atoms with van der Waals surface area (Å²) in [5.74, 6) is 0.356. The summed E-state index contributed by atoms with van der Waals surface area (Å²) in [6.45, 7) is 6.19. The number of ether oxygens (including phenoxy) is 1. The van der Waals surface area contributed by atoms with Crippen LogP contribution in [0.2, 0.25) is 0 Å². The van der Waals surface area contributed by atoms with Gasteiger partial charge in [-0.25, -0.2) is 0 Å². The Morgan fingerprint density at radius 3 is 1.94 bits per heavy atom. The Morgan fingerprint density at radius 1 is 0.941 bits per heavy atom. The normalized spacial score (nSPS) is 11.8. The van der Waals surface area contributed by atoms with Gasteiger partial charge in [0.05, 0.1) is 0 Å². The molecule has 1 rings (SSSR count). The molecule has 17 heavy (non-hydrogen) atoms. The van der Waals surface area contributed by atoms with Crippen molar-refractivity contribution < 1.29 is 17.9 Å². The first-order valence-corrected chi connectivity index (χ1v) is 6.18. The average molecular weight is 358 g/mol. The molecule has 0 aromatic heterocycles. The van der Waals surface area contributed by atoms with E-state index in [0.29, 0.717) is 5.75 Å². The van der Waals surface area contributed by atoms with Crippen molar-refractivity contribution in [3.05, 3.63) is 25.8 Å². The lowest BCUT2D eigenvalue weighted by Crippen LogP contribution is -2.20. The van der Waals surface area contributed by atoms with Gasteiger partial charge in [-0.2, -0.15) is 13.2 Å². The number of alkyl halides is 3. The Bertz CT molecular complexity index is 409. The fourth-order valence-electron chi connectivity index (χ4n) is 1.65. The quantitative estimate of drug-likeness (QED) is 0.709. The molecule has 0 aliphatic heterocycles. The van der Waals surface area contributed by atoms with E-state index in [1.807, 2.05) is 13.8 Å². The summed E-state index contributed by atoms with van der Waals surface area (Å²) in [5.41, 5.74) is 3.64. The van der Waals surface area contributed by atoms with Gasteiger partial charge in [0.2, 0.25) is 0 Å². The first-order chi connectivity index (χ1) is 7.65. The molecule has 1 aromatic carbocycles. The summed E-state index contributed by atoms with van der Waals surface area (Å²) in [6, 6.07) is 0. The van der Waals surface area contributed by atoms with Crippen LogP contribution in [0.1, 0.15) is 22.3 Å². The molecule has 0 saturated carbocycles. The van der Waals surface area contributed by atoms with Crippen LogP contribution in [0, 0.1) is 31.3 Å². The molecular formula is C12H14F3IO. The van der Waals surface area contributed by atoms with Crippen LogP contribution in [0.3, 0.4) is 0 Å². The Balaban J connectivity index is 3.16. The average Bonchev–Trinajstić information content (AvgIpc) is 2.22. The predicted octanol–water partition coefficient (Wildman–Crippen LogP) is 4.47. The Labute approximate surface area is 112 Å². The van der Waals surface area contributed by atoms with E-state index in [1.165, 1.54) is 0 Å². The molecule has 96 valence electrons. The van der Waals surface area contributed by atoms with Gasteiger partial charge >= 0.3 is 6.18 Å². The van der Waals surface area contributed by atoms with Crippen LogP contribution in [0.4, 0.5) is 13.2 Å². The third kappa shape index (κ3) is 3.26. The van der Waals surface area contributed by atoms with Crippen molar-refractivity contribution in [1.82, 2.24) is 0 Å². The van der Waals surface area contributed by atoms with E-state index < -0.39 is 12.8 Å². The highest BCUT2D eigenvalue weighted by Gasteiger charge is 2.29. The van der Waals surface area contributed by atoms with Crippen LogP contribution >= 0.6 is 22.6 Å². The topological polar surface area (TPSA) is 9.23 Å². The maximum Gasteiger partial charge on any atom is 0.422 e. The lowest BCUT2D eigenvalue weighted by atomic mass is 10.00. The highest BCUT2D eigenvalue weighted by molar-refractivity contribution is 14.1. The van der Waals surface area contributed by atoms with Gasteiger partial charge in [0.15, 0.2) is 6.61 Å². The summed E-state index contributed by atoms with van der Waals surface area (Å²) < 4.78 is 42.4. The molecule has 0 aliphatic rings. The van der Waals surface area contributed by atoms with Gasteiger partial charge in [-0.3, -0.25) is 0 Å². The Hall–Kier alpha value is -0.460. The summed E-state index contributed by atoms with van der Waals surface area (Å²) >= 11 is 2.14. The summed E-state index contributed by atoms with van der Waals surface area (Å²) in [4.78, 5) is 0. The molecule has 5 heteroatoms. The number of halogens is 4. The lowest BCUT2D eigenvalue weighted by molar-refractivity contribution is -0.153. The van der Waals surface area contributed by atoms with Gasteiger partial charge in [-0.05, 0) is 67.0 Å². The molecule has 1 nitrogen and oxygen atoms in total. The highest BCUT2D eigenvalue weighted by atomic mass is 127. The molecule has 0 aliphatic carbocycles. The predicted molar refractivity (Wildman–Crippen MR) is 69.7 cm³/mol. The minimum absolute atomic E-state index is 0.356. The molecule has 0 unspecified atom stereocenters. The van der Waals surface area contributed by atoms with Gasteiger partial charge in [-0.15, -0.1) is 0 Å². The number of benzene rings is 1. The van der Waals surface area contributed by atoms with Crippen LogP contribution in [-0.4, -0.2) is 12.8 Å². The van der Waals surface area contributed by atoms with E-state index in [-0.39, 0.29) is 0 Å². The second-order valence-corrected chi connectivity index (χ2v) is 5.13. The smallest absolute Gasteiger partial charge is 0.422 e. The zero-order valence-electron chi connectivity index (χ0n) is 10.1. The fraction of sp³-hybridized carbons (Fsp3) is 0.500. The molecule has 0 atom stereocenters. The van der Waals surface area contributed by atoms with Gasteiger partial charge in [0.25, 0.3) is 0 Å². The van der Waals surface area contributed by atoms with Crippen molar-refractivity contribution >= 4 is 22.6 Å². The van der Waals surface area contributed by atoms with Crippen LogP contribution in [-0.2, 0) is 0 Å². The molecule has 1 aromatic rings. The van der Waals surface area contributed by atoms with Crippen molar-refractivity contribution in [2.24, 2.45) is 0 Å². The van der Waals surface area contributed by atoms with E-state index in [4.69, 9.17) is 4.74 Å². The molecule has 0 N–H and O–H groups in total. The highest BCUT2D eigenvalue weighted by Crippen LogP contribution is 2.34. The minimum atomic E-state index is -4.30. The van der Waals surface area contributed by atoms with Crippen molar-refractivity contribution in [1.29, 1.82) is 0 Å². The third-order valence-electron chi connectivity index (χ3n) is 2.84. The van der Waals surface area contributed by atoms with Gasteiger partial charge in [0, 0.05) is 9.13 Å². The first kappa shape index (κ1) is 14.6. The van der Waals surface area contributed by atoms with E-state index in [1.54, 1.807) is 13.8 Å². The second-order valence-electron chi connectivity index (χ2n) is 4.05. The molecule has 0 saturated heterocycles.